The molecule has 1 amide bonds. The van der Waals surface area contributed by atoms with Crippen molar-refractivity contribution in [2.75, 3.05) is 38.0 Å². The van der Waals surface area contributed by atoms with Gasteiger partial charge in [-0.05, 0) is 35.9 Å². The fourth-order valence-corrected chi connectivity index (χ4v) is 3.55. The Hall–Kier alpha value is -1.66. The SMILES string of the molecule is O=C(CN1CCN(Cc2cccc(F)c2)CC1)Nc1cc(Cl)cc(Cl)c1. The van der Waals surface area contributed by atoms with Gasteiger partial charge in [-0.25, -0.2) is 4.39 Å². The van der Waals surface area contributed by atoms with Gasteiger partial charge in [0.15, 0.2) is 0 Å². The van der Waals surface area contributed by atoms with Crippen molar-refractivity contribution in [2.24, 2.45) is 0 Å². The molecule has 1 N–H and O–H groups in total. The molecule has 1 heterocycles. The average Bonchev–Trinajstić information content (AvgIpc) is 2.55. The molecule has 1 fully saturated rings. The van der Waals surface area contributed by atoms with Crippen molar-refractivity contribution in [1.29, 1.82) is 0 Å². The molecule has 26 heavy (non-hydrogen) atoms. The minimum absolute atomic E-state index is 0.0955. The van der Waals surface area contributed by atoms with Gasteiger partial charge in [0.2, 0.25) is 5.91 Å². The third kappa shape index (κ3) is 5.68. The van der Waals surface area contributed by atoms with Crippen LogP contribution in [0.5, 0.6) is 0 Å². The second-order valence-electron chi connectivity index (χ2n) is 6.39. The van der Waals surface area contributed by atoms with E-state index in [0.29, 0.717) is 22.3 Å². The van der Waals surface area contributed by atoms with Crippen molar-refractivity contribution < 1.29 is 9.18 Å². The van der Waals surface area contributed by atoms with Crippen molar-refractivity contribution in [2.45, 2.75) is 6.54 Å². The largest absolute Gasteiger partial charge is 0.325 e. The van der Waals surface area contributed by atoms with Crippen LogP contribution in [0, 0.1) is 5.82 Å². The molecule has 3 rings (SSSR count). The number of halogens is 3. The van der Waals surface area contributed by atoms with Gasteiger partial charge in [0, 0.05) is 48.5 Å². The minimum Gasteiger partial charge on any atom is -0.325 e. The van der Waals surface area contributed by atoms with E-state index in [-0.39, 0.29) is 11.7 Å². The molecule has 0 unspecified atom stereocenters. The van der Waals surface area contributed by atoms with E-state index in [0.717, 1.165) is 38.3 Å². The number of amides is 1. The highest BCUT2D eigenvalue weighted by Gasteiger charge is 2.19. The van der Waals surface area contributed by atoms with Crippen LogP contribution in [-0.2, 0) is 11.3 Å². The Kier molecular flexibility index (Phi) is 6.48. The Morgan fingerprint density at radius 2 is 1.65 bits per heavy atom. The summed E-state index contributed by atoms with van der Waals surface area (Å²) in [5, 5.41) is 3.79. The highest BCUT2D eigenvalue weighted by atomic mass is 35.5. The van der Waals surface area contributed by atoms with E-state index in [2.05, 4.69) is 15.1 Å². The van der Waals surface area contributed by atoms with Gasteiger partial charge < -0.3 is 5.32 Å². The molecule has 0 spiro atoms. The first kappa shape index (κ1) is 19.1. The summed E-state index contributed by atoms with van der Waals surface area (Å²) < 4.78 is 13.3. The van der Waals surface area contributed by atoms with Crippen molar-refractivity contribution in [3.63, 3.8) is 0 Å². The standard InChI is InChI=1S/C19H20Cl2FN3O/c20-15-9-16(21)11-18(10-15)23-19(26)13-25-6-4-24(5-7-25)12-14-2-1-3-17(22)8-14/h1-3,8-11H,4-7,12-13H2,(H,23,26). The first-order valence-electron chi connectivity index (χ1n) is 8.43. The van der Waals surface area contributed by atoms with Crippen molar-refractivity contribution in [1.82, 2.24) is 9.80 Å². The van der Waals surface area contributed by atoms with Gasteiger partial charge in [0.05, 0.1) is 6.54 Å². The maximum Gasteiger partial charge on any atom is 0.238 e. The van der Waals surface area contributed by atoms with Crippen LogP contribution in [-0.4, -0.2) is 48.4 Å². The lowest BCUT2D eigenvalue weighted by molar-refractivity contribution is -0.117. The molecule has 0 radical (unpaired) electrons. The van der Waals surface area contributed by atoms with Gasteiger partial charge in [-0.15, -0.1) is 0 Å². The summed E-state index contributed by atoms with van der Waals surface area (Å²) in [6.07, 6.45) is 0. The highest BCUT2D eigenvalue weighted by Crippen LogP contribution is 2.22. The number of nitrogens with one attached hydrogen (secondary N) is 1. The molecule has 0 saturated carbocycles. The number of carbonyl (C=O) groups is 1. The van der Waals surface area contributed by atoms with Crippen LogP contribution in [0.3, 0.4) is 0 Å². The first-order chi connectivity index (χ1) is 12.5. The van der Waals surface area contributed by atoms with Crippen LogP contribution in [0.4, 0.5) is 10.1 Å². The maximum absolute atomic E-state index is 13.3. The molecule has 1 aliphatic rings. The summed E-state index contributed by atoms with van der Waals surface area (Å²) in [5.41, 5.74) is 1.56. The quantitative estimate of drug-likeness (QED) is 0.833. The van der Waals surface area contributed by atoms with Gasteiger partial charge in [0.1, 0.15) is 5.82 Å². The number of carbonyl (C=O) groups excluding carboxylic acids is 1. The molecular weight excluding hydrogens is 376 g/mol. The number of rotatable bonds is 5. The molecule has 0 aromatic heterocycles. The topological polar surface area (TPSA) is 35.6 Å². The molecule has 1 aliphatic heterocycles. The average molecular weight is 396 g/mol. The molecule has 0 bridgehead atoms. The number of hydrogen-bond acceptors (Lipinski definition) is 3. The minimum atomic E-state index is -0.209. The van der Waals surface area contributed by atoms with Crippen LogP contribution in [0.25, 0.3) is 0 Å². The Morgan fingerprint density at radius 1 is 1.00 bits per heavy atom. The fourth-order valence-electron chi connectivity index (χ4n) is 3.03. The molecule has 138 valence electrons. The molecular formula is C19H20Cl2FN3O. The van der Waals surface area contributed by atoms with E-state index in [1.54, 1.807) is 30.3 Å². The smallest absolute Gasteiger partial charge is 0.238 e. The van der Waals surface area contributed by atoms with E-state index in [1.807, 2.05) is 6.07 Å². The second-order valence-corrected chi connectivity index (χ2v) is 7.26. The zero-order valence-electron chi connectivity index (χ0n) is 14.2. The van der Waals surface area contributed by atoms with Crippen molar-refractivity contribution >= 4 is 34.8 Å². The number of benzene rings is 2. The molecule has 0 aliphatic carbocycles. The molecule has 2 aromatic rings. The predicted molar refractivity (Wildman–Crippen MR) is 103 cm³/mol. The zero-order chi connectivity index (χ0) is 18.5. The Balaban J connectivity index is 1.45. The Labute approximate surface area is 162 Å². The molecule has 0 atom stereocenters. The van der Waals surface area contributed by atoms with E-state index in [9.17, 15) is 9.18 Å². The summed E-state index contributed by atoms with van der Waals surface area (Å²) in [6.45, 7) is 4.30. The van der Waals surface area contributed by atoms with Crippen molar-refractivity contribution in [3.8, 4) is 0 Å². The maximum atomic E-state index is 13.3. The predicted octanol–water partition coefficient (Wildman–Crippen LogP) is 3.89. The lowest BCUT2D eigenvalue weighted by Crippen LogP contribution is -2.48. The second kappa shape index (κ2) is 8.82. The monoisotopic (exact) mass is 395 g/mol. The van der Waals surface area contributed by atoms with E-state index in [1.165, 1.54) is 6.07 Å². The summed E-state index contributed by atoms with van der Waals surface area (Å²) >= 11 is 11.9. The summed E-state index contributed by atoms with van der Waals surface area (Å²) in [7, 11) is 0. The van der Waals surface area contributed by atoms with Crippen LogP contribution < -0.4 is 5.32 Å². The lowest BCUT2D eigenvalue weighted by Gasteiger charge is -2.34. The summed E-state index contributed by atoms with van der Waals surface area (Å²) in [5.74, 6) is -0.305. The third-order valence-electron chi connectivity index (χ3n) is 4.27. The normalized spacial score (nSPS) is 15.8. The number of anilines is 1. The van der Waals surface area contributed by atoms with Crippen LogP contribution in [0.2, 0.25) is 10.0 Å². The zero-order valence-corrected chi connectivity index (χ0v) is 15.7. The van der Waals surface area contributed by atoms with E-state index >= 15 is 0 Å². The van der Waals surface area contributed by atoms with Gasteiger partial charge in [0.25, 0.3) is 0 Å². The van der Waals surface area contributed by atoms with E-state index < -0.39 is 0 Å². The van der Waals surface area contributed by atoms with Crippen LogP contribution >= 0.6 is 23.2 Å². The molecule has 2 aromatic carbocycles. The van der Waals surface area contributed by atoms with E-state index in [4.69, 9.17) is 23.2 Å². The molecule has 4 nitrogen and oxygen atoms in total. The first-order valence-corrected chi connectivity index (χ1v) is 9.18. The number of nitrogens with zero attached hydrogens (tertiary/aromatic N) is 2. The van der Waals surface area contributed by atoms with Gasteiger partial charge in [-0.3, -0.25) is 14.6 Å². The van der Waals surface area contributed by atoms with Crippen molar-refractivity contribution in [3.05, 3.63) is 63.9 Å². The fraction of sp³-hybridized carbons (Fsp3) is 0.316. The van der Waals surface area contributed by atoms with Crippen LogP contribution in [0.1, 0.15) is 5.56 Å². The Morgan fingerprint density at radius 3 is 2.31 bits per heavy atom. The van der Waals surface area contributed by atoms with Gasteiger partial charge in [-0.1, -0.05) is 35.3 Å². The van der Waals surface area contributed by atoms with Crippen LogP contribution in [0.15, 0.2) is 42.5 Å². The van der Waals surface area contributed by atoms with Gasteiger partial charge >= 0.3 is 0 Å². The summed E-state index contributed by atoms with van der Waals surface area (Å²) in [6, 6.07) is 11.6. The van der Waals surface area contributed by atoms with Gasteiger partial charge in [-0.2, -0.15) is 0 Å². The lowest BCUT2D eigenvalue weighted by atomic mass is 10.2. The Bertz CT molecular complexity index is 759. The number of piperazine rings is 1. The highest BCUT2D eigenvalue weighted by molar-refractivity contribution is 6.35. The number of hydrogen-bond donors (Lipinski definition) is 1. The summed E-state index contributed by atoms with van der Waals surface area (Å²) in [4.78, 5) is 16.6. The molecule has 7 heteroatoms. The molecule has 1 saturated heterocycles. The third-order valence-corrected chi connectivity index (χ3v) is 4.71.